The molecule has 0 aliphatic rings. The molecule has 1 N–H and O–H groups in total. The van der Waals surface area contributed by atoms with Crippen molar-refractivity contribution in [3.63, 3.8) is 0 Å². The molecular formula is C15H19ClN2S. The molecule has 1 aromatic heterocycles. The molecule has 0 unspecified atom stereocenters. The van der Waals surface area contributed by atoms with Crippen LogP contribution in [0.1, 0.15) is 31.7 Å². The van der Waals surface area contributed by atoms with E-state index in [-0.39, 0.29) is 0 Å². The van der Waals surface area contributed by atoms with Crippen molar-refractivity contribution in [3.8, 4) is 0 Å². The number of hydrogen-bond donors (Lipinski definition) is 1. The summed E-state index contributed by atoms with van der Waals surface area (Å²) >= 11 is 7.59. The highest BCUT2D eigenvalue weighted by molar-refractivity contribution is 7.13. The molecule has 4 heteroatoms. The van der Waals surface area contributed by atoms with Crippen molar-refractivity contribution in [2.24, 2.45) is 5.92 Å². The van der Waals surface area contributed by atoms with E-state index in [0.717, 1.165) is 23.1 Å². The van der Waals surface area contributed by atoms with E-state index in [0.29, 0.717) is 11.8 Å². The number of benzene rings is 1. The second-order valence-corrected chi connectivity index (χ2v) is 6.29. The van der Waals surface area contributed by atoms with E-state index in [1.165, 1.54) is 5.56 Å². The summed E-state index contributed by atoms with van der Waals surface area (Å²) in [6.07, 6.45) is 2.92. The van der Waals surface area contributed by atoms with Gasteiger partial charge in [0.25, 0.3) is 0 Å². The van der Waals surface area contributed by atoms with Gasteiger partial charge in [0, 0.05) is 23.1 Å². The van der Waals surface area contributed by atoms with Crippen LogP contribution in [-0.4, -0.2) is 11.5 Å². The molecule has 102 valence electrons. The van der Waals surface area contributed by atoms with Gasteiger partial charge in [0.15, 0.2) is 5.13 Å². The Hall–Kier alpha value is -1.06. The first kappa shape index (κ1) is 14.4. The molecule has 2 nitrogen and oxygen atoms in total. The number of aromatic nitrogens is 1. The normalized spacial score (nSPS) is 12.6. The highest BCUT2D eigenvalue weighted by Gasteiger charge is 2.15. The van der Waals surface area contributed by atoms with Crippen molar-refractivity contribution in [3.05, 3.63) is 46.4 Å². The zero-order valence-corrected chi connectivity index (χ0v) is 12.8. The fourth-order valence-electron chi connectivity index (χ4n) is 2.24. The van der Waals surface area contributed by atoms with Crippen LogP contribution in [0.3, 0.4) is 0 Å². The summed E-state index contributed by atoms with van der Waals surface area (Å²) < 4.78 is 0. The van der Waals surface area contributed by atoms with Crippen LogP contribution >= 0.6 is 22.9 Å². The number of nitrogens with zero attached hydrogens (tertiary/aromatic N) is 1. The maximum absolute atomic E-state index is 5.95. The maximum Gasteiger partial charge on any atom is 0.182 e. The summed E-state index contributed by atoms with van der Waals surface area (Å²) in [5, 5.41) is 7.16. The number of halogens is 1. The summed E-state index contributed by atoms with van der Waals surface area (Å²) in [5.41, 5.74) is 1.36. The third-order valence-corrected chi connectivity index (χ3v) is 4.25. The van der Waals surface area contributed by atoms with E-state index in [9.17, 15) is 0 Å². The van der Waals surface area contributed by atoms with Crippen molar-refractivity contribution < 1.29 is 0 Å². The number of thiazole rings is 1. The Morgan fingerprint density at radius 3 is 2.58 bits per heavy atom. The second-order valence-electron chi connectivity index (χ2n) is 4.95. The Morgan fingerprint density at radius 2 is 2.00 bits per heavy atom. The van der Waals surface area contributed by atoms with Crippen LogP contribution in [0.5, 0.6) is 0 Å². The van der Waals surface area contributed by atoms with Crippen LogP contribution < -0.4 is 5.32 Å². The molecule has 2 rings (SSSR count). The lowest BCUT2D eigenvalue weighted by molar-refractivity contribution is 0.478. The van der Waals surface area contributed by atoms with Crippen LogP contribution in [0.2, 0.25) is 5.02 Å². The molecule has 0 bridgehead atoms. The molecule has 0 radical (unpaired) electrons. The molecule has 1 aromatic carbocycles. The van der Waals surface area contributed by atoms with Gasteiger partial charge in [-0.1, -0.05) is 37.6 Å². The number of hydrogen-bond acceptors (Lipinski definition) is 3. The topological polar surface area (TPSA) is 24.9 Å². The molecule has 1 heterocycles. The fraction of sp³-hybridized carbons (Fsp3) is 0.400. The number of anilines is 1. The van der Waals surface area contributed by atoms with Crippen molar-refractivity contribution in [2.45, 2.75) is 26.2 Å². The summed E-state index contributed by atoms with van der Waals surface area (Å²) in [4.78, 5) is 4.23. The molecule has 1 atom stereocenters. The molecule has 19 heavy (non-hydrogen) atoms. The van der Waals surface area contributed by atoms with Gasteiger partial charge in [-0.2, -0.15) is 0 Å². The quantitative estimate of drug-likeness (QED) is 0.807. The second kappa shape index (κ2) is 6.92. The van der Waals surface area contributed by atoms with Crippen molar-refractivity contribution in [1.82, 2.24) is 4.98 Å². The first-order valence-electron chi connectivity index (χ1n) is 6.55. The minimum Gasteiger partial charge on any atom is -0.362 e. The van der Waals surface area contributed by atoms with Crippen molar-refractivity contribution in [1.29, 1.82) is 0 Å². The standard InChI is InChI=1S/C15H19ClN2S/c1-11(2)14(12-3-5-13(16)6-4-12)7-8-17-15-18-9-10-19-15/h3-6,9-11,14H,7-8H2,1-2H3,(H,17,18)/t14-/m0/s1. The molecule has 2 aromatic rings. The molecular weight excluding hydrogens is 276 g/mol. The number of rotatable bonds is 6. The van der Waals surface area contributed by atoms with Crippen LogP contribution in [0.15, 0.2) is 35.8 Å². The largest absolute Gasteiger partial charge is 0.362 e. The minimum atomic E-state index is 0.546. The maximum atomic E-state index is 5.95. The van der Waals surface area contributed by atoms with Gasteiger partial charge in [0.05, 0.1) is 0 Å². The van der Waals surface area contributed by atoms with Crippen LogP contribution in [0, 0.1) is 5.92 Å². The van der Waals surface area contributed by atoms with E-state index in [4.69, 9.17) is 11.6 Å². The molecule has 0 saturated heterocycles. The molecule has 0 saturated carbocycles. The van der Waals surface area contributed by atoms with E-state index in [1.54, 1.807) is 11.3 Å². The van der Waals surface area contributed by atoms with E-state index in [2.05, 4.69) is 36.3 Å². The summed E-state index contributed by atoms with van der Waals surface area (Å²) in [6, 6.07) is 8.22. The van der Waals surface area contributed by atoms with Crippen LogP contribution in [-0.2, 0) is 0 Å². The molecule has 0 fully saturated rings. The zero-order chi connectivity index (χ0) is 13.7. The first-order chi connectivity index (χ1) is 9.16. The van der Waals surface area contributed by atoms with Gasteiger partial charge in [-0.3, -0.25) is 0 Å². The van der Waals surface area contributed by atoms with Gasteiger partial charge in [0.2, 0.25) is 0 Å². The lowest BCUT2D eigenvalue weighted by Crippen LogP contribution is -2.12. The van der Waals surface area contributed by atoms with Crippen LogP contribution in [0.25, 0.3) is 0 Å². The van der Waals surface area contributed by atoms with Gasteiger partial charge in [0.1, 0.15) is 0 Å². The van der Waals surface area contributed by atoms with Crippen LogP contribution in [0.4, 0.5) is 5.13 Å². The third kappa shape index (κ3) is 4.22. The Kier molecular flexibility index (Phi) is 5.23. The fourth-order valence-corrected chi connectivity index (χ4v) is 2.92. The van der Waals surface area contributed by atoms with Gasteiger partial charge >= 0.3 is 0 Å². The van der Waals surface area contributed by atoms with Gasteiger partial charge < -0.3 is 5.32 Å². The van der Waals surface area contributed by atoms with Gasteiger partial charge in [-0.15, -0.1) is 11.3 Å². The Labute approximate surface area is 123 Å². The molecule has 0 amide bonds. The Balaban J connectivity index is 1.94. The average molecular weight is 295 g/mol. The SMILES string of the molecule is CC(C)[C@H](CCNc1nccs1)c1ccc(Cl)cc1. The van der Waals surface area contributed by atoms with E-state index >= 15 is 0 Å². The van der Waals surface area contributed by atoms with E-state index in [1.807, 2.05) is 23.7 Å². The monoisotopic (exact) mass is 294 g/mol. The summed E-state index contributed by atoms with van der Waals surface area (Å²) in [7, 11) is 0. The highest BCUT2D eigenvalue weighted by Crippen LogP contribution is 2.29. The third-order valence-electron chi connectivity index (χ3n) is 3.27. The van der Waals surface area contributed by atoms with Crippen molar-refractivity contribution >= 4 is 28.1 Å². The Morgan fingerprint density at radius 1 is 1.26 bits per heavy atom. The zero-order valence-electron chi connectivity index (χ0n) is 11.3. The average Bonchev–Trinajstić information content (AvgIpc) is 2.89. The summed E-state index contributed by atoms with van der Waals surface area (Å²) in [5.74, 6) is 1.16. The van der Waals surface area contributed by atoms with Gasteiger partial charge in [-0.25, -0.2) is 4.98 Å². The first-order valence-corrected chi connectivity index (χ1v) is 7.81. The smallest absolute Gasteiger partial charge is 0.182 e. The lowest BCUT2D eigenvalue weighted by atomic mass is 9.86. The molecule has 0 spiro atoms. The molecule has 0 aliphatic heterocycles. The van der Waals surface area contributed by atoms with Gasteiger partial charge in [-0.05, 0) is 36.0 Å². The Bertz CT molecular complexity index is 479. The van der Waals surface area contributed by atoms with E-state index < -0.39 is 0 Å². The lowest BCUT2D eigenvalue weighted by Gasteiger charge is -2.21. The summed E-state index contributed by atoms with van der Waals surface area (Å²) in [6.45, 7) is 5.48. The predicted octanol–water partition coefficient (Wildman–Crippen LogP) is 5.04. The number of nitrogens with one attached hydrogen (secondary N) is 1. The minimum absolute atomic E-state index is 0.546. The van der Waals surface area contributed by atoms with Crippen molar-refractivity contribution in [2.75, 3.05) is 11.9 Å². The predicted molar refractivity (Wildman–Crippen MR) is 84.3 cm³/mol. The molecule has 0 aliphatic carbocycles. The highest BCUT2D eigenvalue weighted by atomic mass is 35.5.